The number of carboxylic acid groups (broad SMARTS) is 1. The standard InChI is InChI=1S/C16H17BrN2O8S2/c1-27-10-4-2-9(3-5-10)19(11(20)6-29(24,25)26)12-13(21)18-7-16(17,15(22)23)8-28-14(12)18/h2-5,12,14H,6-8H2,1H3,(H,22,23)(H,24,25,26)/t12?,14-,16?/m1/s1. The summed E-state index contributed by atoms with van der Waals surface area (Å²) in [4.78, 5) is 39.3. The first-order valence-electron chi connectivity index (χ1n) is 8.22. The number of carboxylic acids is 1. The number of hydrogen-bond acceptors (Lipinski definition) is 7. The van der Waals surface area contributed by atoms with Crippen molar-refractivity contribution in [1.29, 1.82) is 0 Å². The molecule has 0 radical (unpaired) electrons. The number of methoxy groups -OCH3 is 1. The van der Waals surface area contributed by atoms with Crippen LogP contribution in [0.25, 0.3) is 0 Å². The Kier molecular flexibility index (Phi) is 5.87. The third kappa shape index (κ3) is 4.22. The van der Waals surface area contributed by atoms with Gasteiger partial charge < -0.3 is 14.7 Å². The highest BCUT2D eigenvalue weighted by Crippen LogP contribution is 2.44. The normalized spacial score (nSPS) is 26.3. The third-order valence-electron chi connectivity index (χ3n) is 4.60. The highest BCUT2D eigenvalue weighted by atomic mass is 79.9. The molecule has 2 unspecified atom stereocenters. The van der Waals surface area contributed by atoms with Crippen LogP contribution in [-0.4, -0.2) is 81.7 Å². The topological polar surface area (TPSA) is 142 Å². The molecule has 2 aliphatic heterocycles. The first-order chi connectivity index (χ1) is 13.5. The van der Waals surface area contributed by atoms with E-state index < -0.39 is 49.4 Å². The zero-order chi connectivity index (χ0) is 21.6. The lowest BCUT2D eigenvalue weighted by Gasteiger charge is -2.55. The number of ether oxygens (including phenoxy) is 1. The smallest absolute Gasteiger partial charge is 0.323 e. The number of anilines is 1. The number of carbonyl (C=O) groups excluding carboxylic acids is 2. The van der Waals surface area contributed by atoms with Gasteiger partial charge in [0.2, 0.25) is 11.8 Å². The lowest BCUT2D eigenvalue weighted by Crippen LogP contribution is -2.75. The van der Waals surface area contributed by atoms with Crippen LogP contribution in [0.3, 0.4) is 0 Å². The fraction of sp³-hybridized carbons (Fsp3) is 0.438. The van der Waals surface area contributed by atoms with Crippen LogP contribution in [0.1, 0.15) is 0 Å². The van der Waals surface area contributed by atoms with E-state index in [-0.39, 0.29) is 18.0 Å². The van der Waals surface area contributed by atoms with Crippen molar-refractivity contribution in [3.05, 3.63) is 24.3 Å². The molecule has 0 aliphatic carbocycles. The van der Waals surface area contributed by atoms with Gasteiger partial charge in [-0.25, -0.2) is 0 Å². The molecule has 3 atom stereocenters. The largest absolute Gasteiger partial charge is 0.497 e. The zero-order valence-electron chi connectivity index (χ0n) is 15.0. The minimum Gasteiger partial charge on any atom is -0.497 e. The molecule has 1 aromatic rings. The van der Waals surface area contributed by atoms with Gasteiger partial charge in [-0.1, -0.05) is 15.9 Å². The summed E-state index contributed by atoms with van der Waals surface area (Å²) in [6, 6.07) is 5.07. The number of alkyl halides is 1. The van der Waals surface area contributed by atoms with E-state index in [9.17, 15) is 27.9 Å². The van der Waals surface area contributed by atoms with Crippen LogP contribution in [0, 0.1) is 0 Å². The van der Waals surface area contributed by atoms with Crippen molar-refractivity contribution < 1.29 is 37.2 Å². The van der Waals surface area contributed by atoms with E-state index in [0.29, 0.717) is 5.75 Å². The second-order valence-electron chi connectivity index (χ2n) is 6.57. The van der Waals surface area contributed by atoms with E-state index in [0.717, 1.165) is 4.90 Å². The summed E-state index contributed by atoms with van der Waals surface area (Å²) < 4.78 is 35.4. The summed E-state index contributed by atoms with van der Waals surface area (Å²) >= 11 is 4.33. The van der Waals surface area contributed by atoms with Crippen LogP contribution in [0.2, 0.25) is 0 Å². The Bertz CT molecular complexity index is 954. The molecule has 10 nitrogen and oxygen atoms in total. The number of benzene rings is 1. The number of nitrogens with zero attached hydrogens (tertiary/aromatic N) is 2. The van der Waals surface area contributed by atoms with Gasteiger partial charge in [-0.2, -0.15) is 8.42 Å². The number of carbonyl (C=O) groups is 3. The van der Waals surface area contributed by atoms with Gasteiger partial charge in [0.15, 0.2) is 5.75 Å². The summed E-state index contributed by atoms with van der Waals surface area (Å²) in [6.07, 6.45) is 0. The molecule has 3 rings (SSSR count). The van der Waals surface area contributed by atoms with Crippen molar-refractivity contribution in [3.8, 4) is 5.75 Å². The number of rotatable bonds is 6. The van der Waals surface area contributed by atoms with Gasteiger partial charge in [0.05, 0.1) is 7.11 Å². The molecule has 2 fully saturated rings. The van der Waals surface area contributed by atoms with Crippen LogP contribution in [0.5, 0.6) is 5.75 Å². The molecule has 2 amide bonds. The molecule has 0 spiro atoms. The summed E-state index contributed by atoms with van der Waals surface area (Å²) in [5, 5.41) is 8.82. The minimum atomic E-state index is -4.62. The van der Waals surface area contributed by atoms with Crippen LogP contribution in [0.15, 0.2) is 24.3 Å². The highest BCUT2D eigenvalue weighted by Gasteiger charge is 2.59. The summed E-state index contributed by atoms with van der Waals surface area (Å²) in [6.45, 7) is -0.0850. The molecular weight excluding hydrogens is 492 g/mol. The van der Waals surface area contributed by atoms with Gasteiger partial charge in [0, 0.05) is 18.0 Å². The molecule has 0 aromatic heterocycles. The maximum atomic E-state index is 12.8. The Labute approximate surface area is 179 Å². The number of halogens is 1. The average molecular weight is 509 g/mol. The molecular formula is C16H17BrN2O8S2. The molecule has 29 heavy (non-hydrogen) atoms. The van der Waals surface area contributed by atoms with Crippen molar-refractivity contribution in [3.63, 3.8) is 0 Å². The van der Waals surface area contributed by atoms with Crippen molar-refractivity contribution in [2.45, 2.75) is 15.7 Å². The monoisotopic (exact) mass is 508 g/mol. The van der Waals surface area contributed by atoms with Gasteiger partial charge in [-0.05, 0) is 24.3 Å². The lowest BCUT2D eigenvalue weighted by atomic mass is 10.00. The molecule has 2 saturated heterocycles. The number of fused-ring (bicyclic) bond motifs is 1. The van der Waals surface area contributed by atoms with Crippen molar-refractivity contribution in [2.75, 3.05) is 30.1 Å². The van der Waals surface area contributed by atoms with E-state index >= 15 is 0 Å². The van der Waals surface area contributed by atoms with E-state index in [1.807, 2.05) is 0 Å². The maximum Gasteiger partial charge on any atom is 0.323 e. The Balaban J connectivity index is 1.92. The quantitative estimate of drug-likeness (QED) is 0.317. The fourth-order valence-electron chi connectivity index (χ4n) is 3.18. The Morgan fingerprint density at radius 1 is 1.38 bits per heavy atom. The summed E-state index contributed by atoms with van der Waals surface area (Å²) in [7, 11) is -3.16. The molecule has 158 valence electrons. The van der Waals surface area contributed by atoms with E-state index in [2.05, 4.69) is 15.9 Å². The van der Waals surface area contributed by atoms with Crippen molar-refractivity contribution in [1.82, 2.24) is 4.90 Å². The SMILES string of the molecule is COc1ccc(N(C(=O)CS(=O)(=O)O)C2C(=O)N3CC(Br)(C(=O)O)CS[C@H]23)cc1. The highest BCUT2D eigenvalue weighted by molar-refractivity contribution is 9.10. The number of thioether (sulfide) groups is 1. The van der Waals surface area contributed by atoms with Crippen molar-refractivity contribution in [2.24, 2.45) is 0 Å². The van der Waals surface area contributed by atoms with Crippen LogP contribution < -0.4 is 9.64 Å². The zero-order valence-corrected chi connectivity index (χ0v) is 18.2. The number of hydrogen-bond donors (Lipinski definition) is 2. The summed E-state index contributed by atoms with van der Waals surface area (Å²) in [5.41, 5.74) is 0.256. The second kappa shape index (κ2) is 7.78. The Morgan fingerprint density at radius 2 is 2.00 bits per heavy atom. The Morgan fingerprint density at radius 3 is 2.52 bits per heavy atom. The molecule has 2 heterocycles. The predicted molar refractivity (Wildman–Crippen MR) is 108 cm³/mol. The molecule has 2 N–H and O–H groups in total. The molecule has 13 heteroatoms. The Hall–Kier alpha value is -1.83. The second-order valence-corrected chi connectivity index (χ2v) is 10.6. The van der Waals surface area contributed by atoms with Gasteiger partial charge in [-0.3, -0.25) is 23.8 Å². The third-order valence-corrected chi connectivity index (χ3v) is 7.97. The molecule has 0 saturated carbocycles. The predicted octanol–water partition coefficient (Wildman–Crippen LogP) is 0.418. The first-order valence-corrected chi connectivity index (χ1v) is 11.7. The van der Waals surface area contributed by atoms with Crippen LogP contribution >= 0.6 is 27.7 Å². The average Bonchev–Trinajstić information content (AvgIpc) is 2.64. The number of amides is 2. The van der Waals surface area contributed by atoms with E-state index in [1.54, 1.807) is 12.1 Å². The van der Waals surface area contributed by atoms with E-state index in [1.165, 1.54) is 35.9 Å². The molecule has 1 aromatic carbocycles. The van der Waals surface area contributed by atoms with Crippen molar-refractivity contribution >= 4 is 61.3 Å². The van der Waals surface area contributed by atoms with Gasteiger partial charge in [0.1, 0.15) is 21.5 Å². The summed E-state index contributed by atoms with van der Waals surface area (Å²) in [5.74, 6) is -3.12. The van der Waals surface area contributed by atoms with Crippen LogP contribution in [-0.2, 0) is 24.5 Å². The van der Waals surface area contributed by atoms with Crippen LogP contribution in [0.4, 0.5) is 5.69 Å². The van der Waals surface area contributed by atoms with Gasteiger partial charge in [-0.15, -0.1) is 11.8 Å². The fourth-order valence-corrected chi connectivity index (χ4v) is 5.73. The van der Waals surface area contributed by atoms with E-state index in [4.69, 9.17) is 9.29 Å². The maximum absolute atomic E-state index is 12.8. The number of β-lactam (4-membered cyclic amide) rings is 1. The first kappa shape index (κ1) is 21.9. The van der Waals surface area contributed by atoms with Gasteiger partial charge in [0.25, 0.3) is 10.1 Å². The lowest BCUT2D eigenvalue weighted by molar-refractivity contribution is -0.149. The number of aliphatic carboxylic acids is 1. The molecule has 0 bridgehead atoms. The van der Waals surface area contributed by atoms with Gasteiger partial charge >= 0.3 is 5.97 Å². The minimum absolute atomic E-state index is 0.0850. The molecule has 2 aliphatic rings.